The molecule has 1 aliphatic heterocycles. The first-order valence-electron chi connectivity index (χ1n) is 10.4. The molecule has 6 nitrogen and oxygen atoms in total. The molecule has 0 spiro atoms. The average molecular weight is 490 g/mol. The molecule has 2 aromatic rings. The van der Waals surface area contributed by atoms with E-state index >= 15 is 0 Å². The van der Waals surface area contributed by atoms with Gasteiger partial charge in [-0.3, -0.25) is 14.5 Å². The number of alkyl halides is 3. The van der Waals surface area contributed by atoms with Crippen molar-refractivity contribution in [3.63, 3.8) is 0 Å². The zero-order valence-corrected chi connectivity index (χ0v) is 19.6. The minimum Gasteiger partial charge on any atom is -0.469 e. The van der Waals surface area contributed by atoms with Gasteiger partial charge >= 0.3 is 12.1 Å². The van der Waals surface area contributed by atoms with Crippen LogP contribution in [0.3, 0.4) is 0 Å². The van der Waals surface area contributed by atoms with E-state index in [1.165, 1.54) is 19.2 Å². The van der Waals surface area contributed by atoms with Crippen molar-refractivity contribution >= 4 is 40.6 Å². The standard InChI is InChI=1S/C24H22F3N3O3S/c1-23(2)21(32)29(18-12-9-16(14-28)19(13-18)24(25,26)27)22(34)30(23)17-10-7-15(8-11-17)5-4-6-20(31)33-3/h7-13H,4-6H2,1-3H3. The molecule has 0 saturated carbocycles. The van der Waals surface area contributed by atoms with Crippen molar-refractivity contribution in [1.29, 1.82) is 5.26 Å². The molecular formula is C24H22F3N3O3S. The molecule has 0 atom stereocenters. The number of benzene rings is 2. The second kappa shape index (κ2) is 9.43. The van der Waals surface area contributed by atoms with Gasteiger partial charge in [-0.2, -0.15) is 18.4 Å². The Hall–Kier alpha value is -3.45. The van der Waals surface area contributed by atoms with E-state index in [1.54, 1.807) is 30.9 Å². The van der Waals surface area contributed by atoms with E-state index in [2.05, 4.69) is 4.74 Å². The number of nitrogens with zero attached hydrogens (tertiary/aromatic N) is 3. The summed E-state index contributed by atoms with van der Waals surface area (Å²) in [5, 5.41) is 9.08. The maximum Gasteiger partial charge on any atom is 0.417 e. The van der Waals surface area contributed by atoms with Crippen molar-refractivity contribution in [2.75, 3.05) is 16.9 Å². The molecule has 1 saturated heterocycles. The lowest BCUT2D eigenvalue weighted by atomic mass is 10.0. The van der Waals surface area contributed by atoms with Crippen LogP contribution < -0.4 is 9.80 Å². The molecule has 2 aromatic carbocycles. The van der Waals surface area contributed by atoms with E-state index in [0.717, 1.165) is 22.6 Å². The predicted octanol–water partition coefficient (Wildman–Crippen LogP) is 4.99. The number of halogens is 3. The third-order valence-corrected chi connectivity index (χ3v) is 5.99. The molecule has 1 heterocycles. The van der Waals surface area contributed by atoms with Gasteiger partial charge in [0.2, 0.25) is 0 Å². The molecule has 1 aliphatic rings. The first-order valence-corrected chi connectivity index (χ1v) is 10.8. The fourth-order valence-corrected chi connectivity index (χ4v) is 4.33. The second-order valence-electron chi connectivity index (χ2n) is 8.25. The van der Waals surface area contributed by atoms with E-state index in [9.17, 15) is 22.8 Å². The van der Waals surface area contributed by atoms with E-state index in [4.69, 9.17) is 17.5 Å². The maximum atomic E-state index is 13.5. The Kier molecular flexibility index (Phi) is 6.98. The molecule has 0 unspecified atom stereocenters. The number of rotatable bonds is 6. The summed E-state index contributed by atoms with van der Waals surface area (Å²) in [4.78, 5) is 27.2. The summed E-state index contributed by atoms with van der Waals surface area (Å²) in [6.45, 7) is 3.28. The molecule has 3 rings (SSSR count). The Bertz CT molecular complexity index is 1170. The van der Waals surface area contributed by atoms with E-state index in [0.29, 0.717) is 24.9 Å². The van der Waals surface area contributed by atoms with Crippen LogP contribution in [-0.4, -0.2) is 29.6 Å². The van der Waals surface area contributed by atoms with Crippen LogP contribution in [0.5, 0.6) is 0 Å². The summed E-state index contributed by atoms with van der Waals surface area (Å²) >= 11 is 5.53. The average Bonchev–Trinajstić information content (AvgIpc) is 2.96. The molecule has 1 amide bonds. The fraction of sp³-hybridized carbons (Fsp3) is 0.333. The van der Waals surface area contributed by atoms with Gasteiger partial charge in [-0.15, -0.1) is 0 Å². The Balaban J connectivity index is 1.90. The predicted molar refractivity (Wildman–Crippen MR) is 124 cm³/mol. The quantitative estimate of drug-likeness (QED) is 0.421. The summed E-state index contributed by atoms with van der Waals surface area (Å²) in [7, 11) is 1.34. The number of ether oxygens (including phenoxy) is 1. The first-order chi connectivity index (χ1) is 15.9. The molecule has 34 heavy (non-hydrogen) atoms. The summed E-state index contributed by atoms with van der Waals surface area (Å²) < 4.78 is 45.0. The minimum absolute atomic E-state index is 0.0336. The zero-order valence-electron chi connectivity index (χ0n) is 18.8. The van der Waals surface area contributed by atoms with Crippen molar-refractivity contribution in [3.8, 4) is 6.07 Å². The van der Waals surface area contributed by atoms with Gasteiger partial charge in [-0.25, -0.2) is 0 Å². The highest BCUT2D eigenvalue weighted by molar-refractivity contribution is 7.81. The van der Waals surface area contributed by atoms with Crippen LogP contribution in [0.15, 0.2) is 42.5 Å². The minimum atomic E-state index is -4.76. The van der Waals surface area contributed by atoms with E-state index in [1.807, 2.05) is 12.1 Å². The molecule has 0 radical (unpaired) electrons. The number of anilines is 2. The lowest BCUT2D eigenvalue weighted by Crippen LogP contribution is -2.44. The third-order valence-electron chi connectivity index (χ3n) is 5.62. The van der Waals surface area contributed by atoms with Crippen LogP contribution in [0.1, 0.15) is 43.4 Å². The summed E-state index contributed by atoms with van der Waals surface area (Å²) in [5.41, 5.74) is -1.30. The topological polar surface area (TPSA) is 73.6 Å². The maximum absolute atomic E-state index is 13.5. The van der Waals surface area contributed by atoms with Crippen LogP contribution in [0.2, 0.25) is 0 Å². The molecule has 0 bridgehead atoms. The van der Waals surface area contributed by atoms with Crippen molar-refractivity contribution in [2.24, 2.45) is 0 Å². The molecular weight excluding hydrogens is 467 g/mol. The highest BCUT2D eigenvalue weighted by Gasteiger charge is 2.50. The van der Waals surface area contributed by atoms with Gasteiger partial charge in [0.25, 0.3) is 5.91 Å². The Morgan fingerprint density at radius 2 is 1.76 bits per heavy atom. The lowest BCUT2D eigenvalue weighted by Gasteiger charge is -2.29. The lowest BCUT2D eigenvalue weighted by molar-refractivity contribution is -0.140. The van der Waals surface area contributed by atoms with E-state index in [-0.39, 0.29) is 16.8 Å². The Morgan fingerprint density at radius 3 is 2.32 bits per heavy atom. The number of methoxy groups -OCH3 is 1. The van der Waals surface area contributed by atoms with Crippen LogP contribution in [0.4, 0.5) is 24.5 Å². The number of amides is 1. The monoisotopic (exact) mass is 489 g/mol. The molecule has 178 valence electrons. The van der Waals surface area contributed by atoms with Crippen LogP contribution in [0.25, 0.3) is 0 Å². The van der Waals surface area contributed by atoms with Crippen LogP contribution in [0, 0.1) is 11.3 Å². The number of esters is 1. The Morgan fingerprint density at radius 1 is 1.15 bits per heavy atom. The van der Waals surface area contributed by atoms with Crippen molar-refractivity contribution in [3.05, 3.63) is 59.2 Å². The summed E-state index contributed by atoms with van der Waals surface area (Å²) in [6.07, 6.45) is -3.19. The highest BCUT2D eigenvalue weighted by atomic mass is 32.1. The third kappa shape index (κ3) is 4.75. The number of carbonyl (C=O) groups excluding carboxylic acids is 2. The van der Waals surface area contributed by atoms with Crippen molar-refractivity contribution in [2.45, 2.75) is 44.8 Å². The SMILES string of the molecule is COC(=O)CCCc1ccc(N2C(=S)N(c3ccc(C#N)c(C(F)(F)F)c3)C(=O)C2(C)C)cc1. The number of nitriles is 1. The molecule has 0 aromatic heterocycles. The smallest absolute Gasteiger partial charge is 0.417 e. The van der Waals surface area contributed by atoms with Crippen molar-refractivity contribution < 1.29 is 27.5 Å². The molecule has 10 heteroatoms. The van der Waals surface area contributed by atoms with Gasteiger partial charge < -0.3 is 9.64 Å². The number of hydrogen-bond acceptors (Lipinski definition) is 5. The number of aryl methyl sites for hydroxylation is 1. The van der Waals surface area contributed by atoms with Gasteiger partial charge in [-0.05, 0) is 74.8 Å². The van der Waals surface area contributed by atoms with Gasteiger partial charge in [0.15, 0.2) is 5.11 Å². The van der Waals surface area contributed by atoms with Gasteiger partial charge in [0.1, 0.15) is 5.54 Å². The fourth-order valence-electron chi connectivity index (χ4n) is 3.81. The van der Waals surface area contributed by atoms with Crippen LogP contribution in [-0.2, 0) is 26.9 Å². The van der Waals surface area contributed by atoms with E-state index < -0.39 is 28.7 Å². The number of hydrogen-bond donors (Lipinski definition) is 0. The van der Waals surface area contributed by atoms with Crippen LogP contribution >= 0.6 is 12.2 Å². The largest absolute Gasteiger partial charge is 0.469 e. The molecule has 0 N–H and O–H groups in total. The summed E-state index contributed by atoms with van der Waals surface area (Å²) in [6, 6.07) is 11.9. The number of thiocarbonyl (C=S) groups is 1. The Labute approximate surface area is 200 Å². The number of carbonyl (C=O) groups is 2. The highest BCUT2D eigenvalue weighted by Crippen LogP contribution is 2.39. The molecule has 0 aliphatic carbocycles. The normalized spacial score (nSPS) is 15.4. The zero-order chi connectivity index (χ0) is 25.3. The van der Waals surface area contributed by atoms with Gasteiger partial charge in [0.05, 0.1) is 30.0 Å². The second-order valence-corrected chi connectivity index (χ2v) is 8.62. The van der Waals surface area contributed by atoms with Gasteiger partial charge in [-0.1, -0.05) is 12.1 Å². The van der Waals surface area contributed by atoms with Gasteiger partial charge in [0, 0.05) is 12.1 Å². The molecule has 1 fully saturated rings. The van der Waals surface area contributed by atoms with Crippen molar-refractivity contribution in [1.82, 2.24) is 0 Å². The first kappa shape index (κ1) is 25.2. The summed E-state index contributed by atoms with van der Waals surface area (Å²) in [5.74, 6) is -0.770.